The average molecular weight is 231 g/mol. The molecule has 2 rings (SSSR count). The monoisotopic (exact) mass is 231 g/mol. The van der Waals surface area contributed by atoms with E-state index in [0.717, 1.165) is 27.3 Å². The minimum absolute atomic E-state index is 0.766. The first kappa shape index (κ1) is 10.9. The zero-order chi connectivity index (χ0) is 11.5. The van der Waals surface area contributed by atoms with Crippen molar-refractivity contribution in [1.82, 2.24) is 0 Å². The summed E-state index contributed by atoms with van der Waals surface area (Å²) in [5, 5.41) is 1.12. The van der Waals surface area contributed by atoms with Crippen LogP contribution in [0.3, 0.4) is 0 Å². The van der Waals surface area contributed by atoms with Gasteiger partial charge in [0, 0.05) is 19.7 Å². The molecule has 0 aliphatic rings. The van der Waals surface area contributed by atoms with Crippen LogP contribution < -0.4 is 4.90 Å². The maximum Gasteiger partial charge on any atom is 0.160 e. The molecule has 0 N–H and O–H groups in total. The molecule has 1 aromatic heterocycles. The van der Waals surface area contributed by atoms with Crippen molar-refractivity contribution in [1.29, 1.82) is 0 Å². The lowest BCUT2D eigenvalue weighted by atomic mass is 10.1. The minimum Gasteiger partial charge on any atom is -0.369 e. The Labute approximate surface area is 99.1 Å². The Kier molecular flexibility index (Phi) is 3.06. The predicted octanol–water partition coefficient (Wildman–Crippen LogP) is 3.29. The van der Waals surface area contributed by atoms with Gasteiger partial charge in [-0.1, -0.05) is 30.3 Å². The van der Waals surface area contributed by atoms with Crippen LogP contribution in [-0.2, 0) is 0 Å². The number of hydrogen-bond acceptors (Lipinski definition) is 3. The van der Waals surface area contributed by atoms with Gasteiger partial charge in [0.2, 0.25) is 0 Å². The van der Waals surface area contributed by atoms with Crippen LogP contribution in [0.5, 0.6) is 0 Å². The third kappa shape index (κ3) is 1.99. The van der Waals surface area contributed by atoms with Crippen LogP contribution in [0.25, 0.3) is 11.1 Å². The minimum atomic E-state index is 0.766. The first-order chi connectivity index (χ1) is 7.72. The second-order valence-corrected chi connectivity index (χ2v) is 4.81. The van der Waals surface area contributed by atoms with E-state index >= 15 is 0 Å². The van der Waals surface area contributed by atoms with Crippen LogP contribution in [0, 0.1) is 0 Å². The molecule has 1 heterocycles. The van der Waals surface area contributed by atoms with Crippen LogP contribution in [0.1, 0.15) is 9.67 Å². The van der Waals surface area contributed by atoms with Gasteiger partial charge in [0.05, 0.1) is 9.88 Å². The van der Waals surface area contributed by atoms with Crippen molar-refractivity contribution in [2.75, 3.05) is 19.0 Å². The Hall–Kier alpha value is -1.61. The molecule has 82 valence electrons. The fraction of sp³-hybridized carbons (Fsp3) is 0.154. The standard InChI is InChI=1S/C13H13NOS/c1-14(2)13-12(8-11(9-15)16-13)10-6-4-3-5-7-10/h3-9H,1-2H3. The summed E-state index contributed by atoms with van der Waals surface area (Å²) in [4.78, 5) is 13.6. The summed E-state index contributed by atoms with van der Waals surface area (Å²) < 4.78 is 0. The number of rotatable bonds is 3. The molecule has 2 nitrogen and oxygen atoms in total. The van der Waals surface area contributed by atoms with E-state index in [-0.39, 0.29) is 0 Å². The van der Waals surface area contributed by atoms with Gasteiger partial charge in [-0.25, -0.2) is 0 Å². The fourth-order valence-electron chi connectivity index (χ4n) is 1.61. The molecular formula is C13H13NOS. The van der Waals surface area contributed by atoms with Gasteiger partial charge in [0.15, 0.2) is 6.29 Å². The molecule has 0 atom stereocenters. The molecule has 16 heavy (non-hydrogen) atoms. The Morgan fingerprint density at radius 3 is 2.44 bits per heavy atom. The van der Waals surface area contributed by atoms with Gasteiger partial charge < -0.3 is 4.90 Å². The van der Waals surface area contributed by atoms with Gasteiger partial charge in [-0.3, -0.25) is 4.79 Å². The lowest BCUT2D eigenvalue weighted by Gasteiger charge is -2.12. The molecule has 0 saturated carbocycles. The lowest BCUT2D eigenvalue weighted by Crippen LogP contribution is -2.07. The van der Waals surface area contributed by atoms with Crippen molar-refractivity contribution >= 4 is 22.6 Å². The summed E-state index contributed by atoms with van der Waals surface area (Å²) in [6.07, 6.45) is 0.907. The van der Waals surface area contributed by atoms with Gasteiger partial charge in [-0.05, 0) is 11.6 Å². The largest absolute Gasteiger partial charge is 0.369 e. The van der Waals surface area contributed by atoms with Crippen molar-refractivity contribution < 1.29 is 4.79 Å². The maximum atomic E-state index is 10.8. The normalized spacial score (nSPS) is 10.1. The summed E-state index contributed by atoms with van der Waals surface area (Å²) >= 11 is 1.52. The molecule has 3 heteroatoms. The van der Waals surface area contributed by atoms with Crippen LogP contribution >= 0.6 is 11.3 Å². The zero-order valence-electron chi connectivity index (χ0n) is 9.31. The quantitative estimate of drug-likeness (QED) is 0.755. The van der Waals surface area contributed by atoms with Crippen molar-refractivity contribution in [2.45, 2.75) is 0 Å². The highest BCUT2D eigenvalue weighted by Crippen LogP contribution is 2.37. The van der Waals surface area contributed by atoms with Gasteiger partial charge in [-0.15, -0.1) is 11.3 Å². The van der Waals surface area contributed by atoms with Crippen LogP contribution in [0.2, 0.25) is 0 Å². The highest BCUT2D eigenvalue weighted by Gasteiger charge is 2.11. The Morgan fingerprint density at radius 1 is 1.19 bits per heavy atom. The van der Waals surface area contributed by atoms with Gasteiger partial charge in [0.1, 0.15) is 0 Å². The van der Waals surface area contributed by atoms with Gasteiger partial charge in [0.25, 0.3) is 0 Å². The van der Waals surface area contributed by atoms with Crippen LogP contribution in [0.4, 0.5) is 5.00 Å². The summed E-state index contributed by atoms with van der Waals surface area (Å²) in [7, 11) is 3.99. The molecule has 0 amide bonds. The van der Waals surface area contributed by atoms with Crippen molar-refractivity contribution in [2.24, 2.45) is 0 Å². The molecule has 2 aromatic rings. The topological polar surface area (TPSA) is 20.3 Å². The second kappa shape index (κ2) is 4.49. The average Bonchev–Trinajstić information content (AvgIpc) is 2.74. The third-order valence-corrected chi connectivity index (χ3v) is 3.57. The van der Waals surface area contributed by atoms with Gasteiger partial charge >= 0.3 is 0 Å². The molecule has 0 bridgehead atoms. The van der Waals surface area contributed by atoms with E-state index in [9.17, 15) is 4.79 Å². The molecule has 0 fully saturated rings. The molecular weight excluding hydrogens is 218 g/mol. The summed E-state index contributed by atoms with van der Waals surface area (Å²) in [5.74, 6) is 0. The van der Waals surface area contributed by atoms with Crippen molar-refractivity contribution in [3.05, 3.63) is 41.3 Å². The smallest absolute Gasteiger partial charge is 0.160 e. The first-order valence-corrected chi connectivity index (χ1v) is 5.86. The molecule has 0 radical (unpaired) electrons. The van der Waals surface area contributed by atoms with E-state index in [0.29, 0.717) is 0 Å². The second-order valence-electron chi connectivity index (χ2n) is 3.75. The van der Waals surface area contributed by atoms with E-state index < -0.39 is 0 Å². The highest BCUT2D eigenvalue weighted by molar-refractivity contribution is 7.18. The third-order valence-electron chi connectivity index (χ3n) is 2.34. The summed E-state index contributed by atoms with van der Waals surface area (Å²) in [5.41, 5.74) is 2.27. The SMILES string of the molecule is CN(C)c1sc(C=O)cc1-c1ccccc1. The van der Waals surface area contributed by atoms with E-state index in [4.69, 9.17) is 0 Å². The zero-order valence-corrected chi connectivity index (χ0v) is 10.1. The van der Waals surface area contributed by atoms with Crippen LogP contribution in [0.15, 0.2) is 36.4 Å². The number of anilines is 1. The van der Waals surface area contributed by atoms with E-state index in [1.54, 1.807) is 0 Å². The van der Waals surface area contributed by atoms with Crippen molar-refractivity contribution in [3.8, 4) is 11.1 Å². The summed E-state index contributed by atoms with van der Waals surface area (Å²) in [6, 6.07) is 12.1. The highest BCUT2D eigenvalue weighted by atomic mass is 32.1. The maximum absolute atomic E-state index is 10.8. The van der Waals surface area contributed by atoms with E-state index in [2.05, 4.69) is 12.1 Å². The number of benzene rings is 1. The number of carbonyl (C=O) groups is 1. The first-order valence-electron chi connectivity index (χ1n) is 5.04. The number of aldehydes is 1. The number of thiophene rings is 1. The Bertz CT molecular complexity index is 488. The van der Waals surface area contributed by atoms with Crippen LogP contribution in [-0.4, -0.2) is 20.4 Å². The fourth-order valence-corrected chi connectivity index (χ4v) is 2.53. The van der Waals surface area contributed by atoms with E-state index in [1.807, 2.05) is 43.3 Å². The molecule has 1 aromatic carbocycles. The molecule has 0 saturated heterocycles. The summed E-state index contributed by atoms with van der Waals surface area (Å²) in [6.45, 7) is 0. The Morgan fingerprint density at radius 2 is 1.88 bits per heavy atom. The predicted molar refractivity (Wildman–Crippen MR) is 69.5 cm³/mol. The molecule has 0 aliphatic carbocycles. The molecule has 0 spiro atoms. The van der Waals surface area contributed by atoms with E-state index in [1.165, 1.54) is 11.3 Å². The number of nitrogens with zero attached hydrogens (tertiary/aromatic N) is 1. The number of hydrogen-bond donors (Lipinski definition) is 0. The van der Waals surface area contributed by atoms with Gasteiger partial charge in [-0.2, -0.15) is 0 Å². The van der Waals surface area contributed by atoms with Crippen molar-refractivity contribution in [3.63, 3.8) is 0 Å². The molecule has 0 unspecified atom stereocenters. The Balaban J connectivity index is 2.55. The number of carbonyl (C=O) groups excluding carboxylic acids is 1. The lowest BCUT2D eigenvalue weighted by molar-refractivity contribution is 0.112. The molecule has 0 aliphatic heterocycles.